The van der Waals surface area contributed by atoms with Gasteiger partial charge < -0.3 is 4.74 Å². The Hall–Kier alpha value is -2.09. The molecule has 0 N–H and O–H groups in total. The first-order valence-electron chi connectivity index (χ1n) is 8.40. The predicted molar refractivity (Wildman–Crippen MR) is 96.1 cm³/mol. The molecule has 0 amide bonds. The Kier molecular flexibility index (Phi) is 4.87. The number of pyridine rings is 1. The van der Waals surface area contributed by atoms with Crippen molar-refractivity contribution in [3.05, 3.63) is 63.9 Å². The molecule has 25 heavy (non-hydrogen) atoms. The van der Waals surface area contributed by atoms with Crippen LogP contribution in [0, 0.1) is 0 Å². The average molecular weight is 355 g/mol. The highest BCUT2D eigenvalue weighted by Gasteiger charge is 2.30. The lowest BCUT2D eigenvalue weighted by Crippen LogP contribution is -2.35. The van der Waals surface area contributed by atoms with Crippen molar-refractivity contribution in [2.45, 2.75) is 25.6 Å². The van der Waals surface area contributed by atoms with Gasteiger partial charge in [0.1, 0.15) is 5.69 Å². The summed E-state index contributed by atoms with van der Waals surface area (Å²) in [6.45, 7) is 3.92. The summed E-state index contributed by atoms with van der Waals surface area (Å²) in [5, 5.41) is 10.7. The molecule has 0 unspecified atom stereocenters. The molecule has 0 aliphatic carbocycles. The van der Waals surface area contributed by atoms with Crippen LogP contribution in [0.2, 0.25) is 0 Å². The van der Waals surface area contributed by atoms with Gasteiger partial charge in [0, 0.05) is 43.7 Å². The van der Waals surface area contributed by atoms with Gasteiger partial charge in [-0.3, -0.25) is 14.6 Å². The zero-order chi connectivity index (χ0) is 17.1. The maximum atomic E-state index is 5.97. The van der Waals surface area contributed by atoms with Gasteiger partial charge in [-0.1, -0.05) is 17.3 Å². The minimum absolute atomic E-state index is 0.271. The van der Waals surface area contributed by atoms with Crippen LogP contribution in [0.3, 0.4) is 0 Å². The van der Waals surface area contributed by atoms with Crippen molar-refractivity contribution in [2.75, 3.05) is 13.2 Å². The lowest BCUT2D eigenvalue weighted by molar-refractivity contribution is 0.0814. The summed E-state index contributed by atoms with van der Waals surface area (Å²) in [7, 11) is 1.96. The second-order valence-electron chi connectivity index (χ2n) is 6.33. The normalized spacial score (nSPS) is 17.6. The fourth-order valence-corrected chi connectivity index (χ4v) is 4.10. The average Bonchev–Trinajstić information content (AvgIpc) is 3.26. The third kappa shape index (κ3) is 3.78. The van der Waals surface area contributed by atoms with Crippen molar-refractivity contribution in [3.63, 3.8) is 0 Å². The molecule has 0 spiro atoms. The number of fused-ring (bicyclic) bond motifs is 1. The molecule has 3 aromatic rings. The van der Waals surface area contributed by atoms with Gasteiger partial charge in [-0.15, -0.1) is 16.4 Å². The molecule has 130 valence electrons. The van der Waals surface area contributed by atoms with Crippen LogP contribution in [-0.2, 0) is 31.5 Å². The van der Waals surface area contributed by atoms with Gasteiger partial charge in [-0.05, 0) is 23.6 Å². The monoisotopic (exact) mass is 355 g/mol. The van der Waals surface area contributed by atoms with Crippen molar-refractivity contribution in [1.82, 2.24) is 24.9 Å². The van der Waals surface area contributed by atoms with Gasteiger partial charge in [0.25, 0.3) is 0 Å². The predicted octanol–water partition coefficient (Wildman–Crippen LogP) is 2.59. The van der Waals surface area contributed by atoms with E-state index in [1.807, 2.05) is 29.9 Å². The molecule has 1 aliphatic rings. The van der Waals surface area contributed by atoms with Crippen LogP contribution in [0.1, 0.15) is 27.9 Å². The number of hydrogen-bond donors (Lipinski definition) is 0. The zero-order valence-corrected chi connectivity index (χ0v) is 15.0. The lowest BCUT2D eigenvalue weighted by Gasteiger charge is -2.31. The van der Waals surface area contributed by atoms with E-state index < -0.39 is 0 Å². The molecular formula is C18H21N5OS. The van der Waals surface area contributed by atoms with Gasteiger partial charge in [0.2, 0.25) is 0 Å². The van der Waals surface area contributed by atoms with Crippen molar-refractivity contribution in [3.8, 4) is 0 Å². The van der Waals surface area contributed by atoms with Gasteiger partial charge in [-0.2, -0.15) is 0 Å². The van der Waals surface area contributed by atoms with E-state index in [0.717, 1.165) is 31.0 Å². The Morgan fingerprint density at radius 3 is 3.04 bits per heavy atom. The first kappa shape index (κ1) is 16.4. The summed E-state index contributed by atoms with van der Waals surface area (Å²) in [6, 6.07) is 10.2. The fourth-order valence-electron chi connectivity index (χ4n) is 3.36. The maximum Gasteiger partial charge on any atom is 0.100 e. The van der Waals surface area contributed by atoms with Crippen LogP contribution in [-0.4, -0.2) is 38.0 Å². The number of nitrogens with zero attached hydrogens (tertiary/aromatic N) is 5. The Morgan fingerprint density at radius 2 is 2.24 bits per heavy atom. The molecule has 0 saturated heterocycles. The highest BCUT2D eigenvalue weighted by atomic mass is 32.1. The summed E-state index contributed by atoms with van der Waals surface area (Å²) < 4.78 is 7.86. The topological polar surface area (TPSA) is 56.1 Å². The second-order valence-corrected chi connectivity index (χ2v) is 7.36. The van der Waals surface area contributed by atoms with Crippen LogP contribution >= 0.6 is 11.3 Å². The first-order valence-corrected chi connectivity index (χ1v) is 9.28. The van der Waals surface area contributed by atoms with Gasteiger partial charge in [0.05, 0.1) is 24.6 Å². The van der Waals surface area contributed by atoms with Crippen LogP contribution in [0.25, 0.3) is 0 Å². The van der Waals surface area contributed by atoms with Crippen molar-refractivity contribution >= 4 is 11.3 Å². The molecule has 3 aromatic heterocycles. The molecule has 0 bridgehead atoms. The molecule has 0 saturated carbocycles. The molecule has 0 radical (unpaired) electrons. The van der Waals surface area contributed by atoms with Gasteiger partial charge in [-0.25, -0.2) is 0 Å². The summed E-state index contributed by atoms with van der Waals surface area (Å²) >= 11 is 1.80. The molecule has 0 aromatic carbocycles. The molecular weight excluding hydrogens is 334 g/mol. The SMILES string of the molecule is Cn1nnc2c1[C@@H](COCc1ccccn1)CN(Cc1cccs1)C2. The van der Waals surface area contributed by atoms with Crippen LogP contribution in [0.15, 0.2) is 41.9 Å². The smallest absolute Gasteiger partial charge is 0.100 e. The number of ether oxygens (including phenoxy) is 1. The summed E-state index contributed by atoms with van der Waals surface area (Å²) in [6.07, 6.45) is 1.80. The molecule has 7 heteroatoms. The number of hydrogen-bond acceptors (Lipinski definition) is 6. The van der Waals surface area contributed by atoms with Crippen molar-refractivity contribution < 1.29 is 4.74 Å². The van der Waals surface area contributed by atoms with Crippen LogP contribution in [0.4, 0.5) is 0 Å². The van der Waals surface area contributed by atoms with Gasteiger partial charge in [0.15, 0.2) is 0 Å². The largest absolute Gasteiger partial charge is 0.374 e. The minimum atomic E-state index is 0.271. The quantitative estimate of drug-likeness (QED) is 0.680. The van der Waals surface area contributed by atoms with E-state index >= 15 is 0 Å². The maximum absolute atomic E-state index is 5.97. The van der Waals surface area contributed by atoms with Crippen molar-refractivity contribution in [2.24, 2.45) is 7.05 Å². The third-order valence-electron chi connectivity index (χ3n) is 4.44. The summed E-state index contributed by atoms with van der Waals surface area (Å²) in [4.78, 5) is 8.12. The van der Waals surface area contributed by atoms with Crippen molar-refractivity contribution in [1.29, 1.82) is 0 Å². The minimum Gasteiger partial charge on any atom is -0.374 e. The number of thiophene rings is 1. The molecule has 4 rings (SSSR count). The third-order valence-corrected chi connectivity index (χ3v) is 5.30. The Morgan fingerprint density at radius 1 is 1.28 bits per heavy atom. The number of rotatable bonds is 6. The van der Waals surface area contributed by atoms with E-state index in [9.17, 15) is 0 Å². The highest BCUT2D eigenvalue weighted by molar-refractivity contribution is 7.09. The molecule has 0 fully saturated rings. The fraction of sp³-hybridized carbons (Fsp3) is 0.389. The number of aryl methyl sites for hydroxylation is 1. The van der Waals surface area contributed by atoms with Crippen LogP contribution < -0.4 is 0 Å². The molecule has 4 heterocycles. The second kappa shape index (κ2) is 7.43. The Balaban J connectivity index is 1.44. The lowest BCUT2D eigenvalue weighted by atomic mass is 9.99. The van der Waals surface area contributed by atoms with E-state index in [4.69, 9.17) is 4.74 Å². The van der Waals surface area contributed by atoms with E-state index in [1.54, 1.807) is 17.5 Å². The van der Waals surface area contributed by atoms with E-state index in [1.165, 1.54) is 10.6 Å². The van der Waals surface area contributed by atoms with E-state index in [2.05, 4.69) is 37.7 Å². The first-order chi connectivity index (χ1) is 12.3. The standard InChI is InChI=1S/C18H21N5OS/c1-22-18-14(12-24-13-15-5-2-3-7-19-15)9-23(11-17(18)20-21-22)10-16-6-4-8-25-16/h2-8,14H,9-13H2,1H3/t14-/m1/s1. The molecule has 6 nitrogen and oxygen atoms in total. The Bertz CT molecular complexity index is 802. The summed E-state index contributed by atoms with van der Waals surface area (Å²) in [5.74, 6) is 0.271. The van der Waals surface area contributed by atoms with E-state index in [-0.39, 0.29) is 5.92 Å². The Labute approximate surface area is 151 Å². The van der Waals surface area contributed by atoms with E-state index in [0.29, 0.717) is 13.2 Å². The summed E-state index contributed by atoms with van der Waals surface area (Å²) in [5.41, 5.74) is 3.22. The highest BCUT2D eigenvalue weighted by Crippen LogP contribution is 2.28. The van der Waals surface area contributed by atoms with Gasteiger partial charge >= 0.3 is 0 Å². The molecule has 1 aliphatic heterocycles. The van der Waals surface area contributed by atoms with Crippen LogP contribution in [0.5, 0.6) is 0 Å². The number of aromatic nitrogens is 4. The zero-order valence-electron chi connectivity index (χ0n) is 14.2. The molecule has 1 atom stereocenters.